The molecule has 0 aliphatic carbocycles. The molecule has 0 radical (unpaired) electrons. The van der Waals surface area contributed by atoms with Gasteiger partial charge in [0.2, 0.25) is 0 Å². The highest BCUT2D eigenvalue weighted by Gasteiger charge is 1.95. The van der Waals surface area contributed by atoms with Crippen LogP contribution in [0.15, 0.2) is 36.7 Å². The second kappa shape index (κ2) is 5.27. The van der Waals surface area contributed by atoms with Gasteiger partial charge in [-0.3, -0.25) is 0 Å². The van der Waals surface area contributed by atoms with E-state index in [1.54, 1.807) is 12.1 Å². The maximum atomic E-state index is 12.6. The largest absolute Gasteiger partial charge is 0.393 e. The second-order valence-electron chi connectivity index (χ2n) is 3.15. The number of hydrogen-bond acceptors (Lipinski definition) is 2. The van der Waals surface area contributed by atoms with Crippen molar-refractivity contribution >= 4 is 0 Å². The van der Waals surface area contributed by atoms with Gasteiger partial charge in [-0.2, -0.15) is 0 Å². The fourth-order valence-electron chi connectivity index (χ4n) is 1.13. The standard InChI is InChI=1S/C11H15FN2/c1-13-7-8-14(2)9-10-3-5-11(12)6-4-10/h3-8,13H,9H2,1-2H3/b8-7+. The molecule has 3 heteroatoms. The number of benzene rings is 1. The average molecular weight is 194 g/mol. The highest BCUT2D eigenvalue weighted by atomic mass is 19.1. The second-order valence-corrected chi connectivity index (χ2v) is 3.15. The van der Waals surface area contributed by atoms with Crippen LogP contribution in [0.5, 0.6) is 0 Å². The van der Waals surface area contributed by atoms with Crippen molar-refractivity contribution in [3.05, 3.63) is 48.0 Å². The highest BCUT2D eigenvalue weighted by molar-refractivity contribution is 5.16. The van der Waals surface area contributed by atoms with Crippen LogP contribution in [-0.4, -0.2) is 19.0 Å². The van der Waals surface area contributed by atoms with Crippen molar-refractivity contribution in [3.63, 3.8) is 0 Å². The molecule has 0 saturated carbocycles. The van der Waals surface area contributed by atoms with Gasteiger partial charge in [-0.1, -0.05) is 12.1 Å². The van der Waals surface area contributed by atoms with Crippen molar-refractivity contribution in [3.8, 4) is 0 Å². The number of rotatable bonds is 4. The summed E-state index contributed by atoms with van der Waals surface area (Å²) in [6.45, 7) is 0.776. The van der Waals surface area contributed by atoms with E-state index in [1.807, 2.05) is 31.4 Å². The zero-order valence-corrected chi connectivity index (χ0v) is 8.50. The van der Waals surface area contributed by atoms with Crippen LogP contribution in [0.25, 0.3) is 0 Å². The van der Waals surface area contributed by atoms with E-state index in [0.717, 1.165) is 12.1 Å². The molecule has 0 fully saturated rings. The van der Waals surface area contributed by atoms with Crippen molar-refractivity contribution in [2.75, 3.05) is 14.1 Å². The summed E-state index contributed by atoms with van der Waals surface area (Å²) in [4.78, 5) is 2.02. The van der Waals surface area contributed by atoms with Crippen molar-refractivity contribution in [1.82, 2.24) is 10.2 Å². The summed E-state index contributed by atoms with van der Waals surface area (Å²) < 4.78 is 12.6. The molecule has 0 heterocycles. The molecule has 1 rings (SSSR count). The van der Waals surface area contributed by atoms with Gasteiger partial charge in [0.25, 0.3) is 0 Å². The molecular formula is C11H15FN2. The van der Waals surface area contributed by atoms with E-state index in [2.05, 4.69) is 5.32 Å². The third-order valence-electron chi connectivity index (χ3n) is 1.84. The Morgan fingerprint density at radius 3 is 2.57 bits per heavy atom. The van der Waals surface area contributed by atoms with Gasteiger partial charge < -0.3 is 10.2 Å². The minimum absolute atomic E-state index is 0.192. The summed E-state index contributed by atoms with van der Waals surface area (Å²) in [6.07, 6.45) is 3.78. The van der Waals surface area contributed by atoms with Gasteiger partial charge in [-0.25, -0.2) is 4.39 Å². The number of nitrogens with one attached hydrogen (secondary N) is 1. The number of nitrogens with zero attached hydrogens (tertiary/aromatic N) is 1. The lowest BCUT2D eigenvalue weighted by Gasteiger charge is -2.13. The molecule has 1 aromatic carbocycles. The lowest BCUT2D eigenvalue weighted by molar-refractivity contribution is 0.448. The molecule has 0 amide bonds. The first-order valence-corrected chi connectivity index (χ1v) is 4.51. The highest BCUT2D eigenvalue weighted by Crippen LogP contribution is 2.05. The maximum Gasteiger partial charge on any atom is 0.123 e. The Bertz CT molecular complexity index is 293. The van der Waals surface area contributed by atoms with Gasteiger partial charge in [0.15, 0.2) is 0 Å². The molecule has 1 aromatic rings. The van der Waals surface area contributed by atoms with Crippen LogP contribution in [0.4, 0.5) is 4.39 Å². The van der Waals surface area contributed by atoms with Crippen molar-refractivity contribution in [1.29, 1.82) is 0 Å². The zero-order chi connectivity index (χ0) is 10.4. The summed E-state index contributed by atoms with van der Waals surface area (Å²) in [5, 5.41) is 2.91. The molecule has 0 bridgehead atoms. The van der Waals surface area contributed by atoms with Gasteiger partial charge >= 0.3 is 0 Å². The average Bonchev–Trinajstić information content (AvgIpc) is 2.18. The van der Waals surface area contributed by atoms with Crippen LogP contribution in [0, 0.1) is 5.82 Å². The minimum atomic E-state index is -0.192. The Morgan fingerprint density at radius 1 is 1.36 bits per heavy atom. The SMILES string of the molecule is CN/C=C/N(C)Cc1ccc(F)cc1. The first-order valence-electron chi connectivity index (χ1n) is 4.51. The van der Waals surface area contributed by atoms with E-state index < -0.39 is 0 Å². The lowest BCUT2D eigenvalue weighted by Crippen LogP contribution is -2.11. The number of halogens is 1. The topological polar surface area (TPSA) is 15.3 Å². The molecular weight excluding hydrogens is 179 g/mol. The first-order chi connectivity index (χ1) is 6.72. The molecule has 0 saturated heterocycles. The van der Waals surface area contributed by atoms with E-state index >= 15 is 0 Å². The molecule has 2 nitrogen and oxygen atoms in total. The van der Waals surface area contributed by atoms with Crippen molar-refractivity contribution < 1.29 is 4.39 Å². The van der Waals surface area contributed by atoms with E-state index in [4.69, 9.17) is 0 Å². The Balaban J connectivity index is 2.51. The predicted octanol–water partition coefficient (Wildman–Crippen LogP) is 1.95. The van der Waals surface area contributed by atoms with Crippen LogP contribution in [0.3, 0.4) is 0 Å². The predicted molar refractivity (Wildman–Crippen MR) is 56.1 cm³/mol. The third-order valence-corrected chi connectivity index (χ3v) is 1.84. The van der Waals surface area contributed by atoms with Gasteiger partial charge in [-0.15, -0.1) is 0 Å². The van der Waals surface area contributed by atoms with Crippen molar-refractivity contribution in [2.45, 2.75) is 6.54 Å². The molecule has 0 unspecified atom stereocenters. The van der Waals surface area contributed by atoms with E-state index in [0.29, 0.717) is 0 Å². The Morgan fingerprint density at radius 2 is 2.00 bits per heavy atom. The molecule has 0 atom stereocenters. The molecule has 14 heavy (non-hydrogen) atoms. The summed E-state index contributed by atoms with van der Waals surface area (Å²) in [5.74, 6) is -0.192. The number of hydrogen-bond donors (Lipinski definition) is 1. The van der Waals surface area contributed by atoms with Gasteiger partial charge in [0, 0.05) is 33.0 Å². The molecule has 0 aromatic heterocycles. The fraction of sp³-hybridized carbons (Fsp3) is 0.273. The summed E-state index contributed by atoms with van der Waals surface area (Å²) in [7, 11) is 3.82. The normalized spacial score (nSPS) is 10.5. The smallest absolute Gasteiger partial charge is 0.123 e. The molecule has 76 valence electrons. The van der Waals surface area contributed by atoms with E-state index in [-0.39, 0.29) is 5.82 Å². The fourth-order valence-corrected chi connectivity index (χ4v) is 1.13. The zero-order valence-electron chi connectivity index (χ0n) is 8.50. The van der Waals surface area contributed by atoms with Gasteiger partial charge in [0.05, 0.1) is 0 Å². The Hall–Kier alpha value is -1.51. The van der Waals surface area contributed by atoms with Gasteiger partial charge in [-0.05, 0) is 17.7 Å². The van der Waals surface area contributed by atoms with E-state index in [1.165, 1.54) is 12.1 Å². The van der Waals surface area contributed by atoms with Gasteiger partial charge in [0.1, 0.15) is 5.82 Å². The minimum Gasteiger partial charge on any atom is -0.393 e. The quantitative estimate of drug-likeness (QED) is 0.788. The third kappa shape index (κ3) is 3.47. The van der Waals surface area contributed by atoms with Crippen LogP contribution in [0.1, 0.15) is 5.56 Å². The Kier molecular flexibility index (Phi) is 3.98. The molecule has 0 aliphatic rings. The van der Waals surface area contributed by atoms with E-state index in [9.17, 15) is 4.39 Å². The lowest BCUT2D eigenvalue weighted by atomic mass is 10.2. The van der Waals surface area contributed by atoms with Crippen LogP contribution >= 0.6 is 0 Å². The maximum absolute atomic E-state index is 12.6. The molecule has 0 aliphatic heterocycles. The summed E-state index contributed by atoms with van der Waals surface area (Å²) in [6, 6.07) is 6.54. The monoisotopic (exact) mass is 194 g/mol. The summed E-state index contributed by atoms with van der Waals surface area (Å²) >= 11 is 0. The first kappa shape index (κ1) is 10.6. The van der Waals surface area contributed by atoms with Crippen LogP contribution in [-0.2, 0) is 6.54 Å². The Labute approximate surface area is 84.0 Å². The van der Waals surface area contributed by atoms with Crippen molar-refractivity contribution in [2.24, 2.45) is 0 Å². The van der Waals surface area contributed by atoms with Crippen LogP contribution in [0.2, 0.25) is 0 Å². The van der Waals surface area contributed by atoms with Crippen LogP contribution < -0.4 is 5.32 Å². The molecule has 0 spiro atoms. The summed E-state index contributed by atoms with van der Waals surface area (Å²) in [5.41, 5.74) is 1.09. The molecule has 1 N–H and O–H groups in total.